The minimum absolute atomic E-state index is 0.285. The van der Waals surface area contributed by atoms with Crippen molar-refractivity contribution in [1.29, 1.82) is 0 Å². The number of hydrogen-bond acceptors (Lipinski definition) is 4. The van der Waals surface area contributed by atoms with Gasteiger partial charge in [-0.25, -0.2) is 4.79 Å². The summed E-state index contributed by atoms with van der Waals surface area (Å²) < 4.78 is 4.92. The molecule has 2 heterocycles. The van der Waals surface area contributed by atoms with Gasteiger partial charge in [-0.2, -0.15) is 0 Å². The second kappa shape index (κ2) is 2.18. The first-order chi connectivity index (χ1) is 5.61. The van der Waals surface area contributed by atoms with Gasteiger partial charge in [-0.15, -0.1) is 0 Å². The third kappa shape index (κ3) is 0.886. The third-order valence-electron chi connectivity index (χ3n) is 2.05. The smallest absolute Gasteiger partial charge is 0.335 e. The largest absolute Gasteiger partial charge is 0.480 e. The third-order valence-corrected chi connectivity index (χ3v) is 2.05. The van der Waals surface area contributed by atoms with Gasteiger partial charge in [0.2, 0.25) is 0 Å². The van der Waals surface area contributed by atoms with Crippen LogP contribution in [0.25, 0.3) is 0 Å². The van der Waals surface area contributed by atoms with Crippen LogP contribution < -0.4 is 0 Å². The quantitative estimate of drug-likeness (QED) is 0.497. The molecule has 2 fully saturated rings. The number of morpholine rings is 1. The van der Waals surface area contributed by atoms with Crippen LogP contribution in [0.1, 0.15) is 0 Å². The van der Waals surface area contributed by atoms with E-state index in [1.807, 2.05) is 0 Å². The molecule has 4 atom stereocenters. The van der Waals surface area contributed by atoms with Crippen molar-refractivity contribution in [3.05, 3.63) is 0 Å². The number of fused-ring (bicyclic) bond motifs is 1. The highest BCUT2D eigenvalue weighted by Crippen LogP contribution is 2.34. The van der Waals surface area contributed by atoms with Crippen LogP contribution >= 0.6 is 0 Å². The lowest BCUT2D eigenvalue weighted by atomic mass is 10.2. The molecule has 0 bridgehead atoms. The van der Waals surface area contributed by atoms with E-state index < -0.39 is 24.1 Å². The van der Waals surface area contributed by atoms with Gasteiger partial charge in [-0.3, -0.25) is 9.69 Å². The lowest BCUT2D eigenvalue weighted by Crippen LogP contribution is -2.42. The number of rotatable bonds is 2. The first-order valence-electron chi connectivity index (χ1n) is 3.48. The van der Waals surface area contributed by atoms with Crippen molar-refractivity contribution < 1.29 is 24.5 Å². The Hall–Kier alpha value is -1.14. The lowest BCUT2D eigenvalue weighted by molar-refractivity contribution is -0.156. The molecule has 2 unspecified atom stereocenters. The molecule has 6 nitrogen and oxygen atoms in total. The summed E-state index contributed by atoms with van der Waals surface area (Å²) in [6.45, 7) is 0.529. The molecule has 2 aliphatic rings. The molecule has 2 aliphatic heterocycles. The van der Waals surface area contributed by atoms with Gasteiger partial charge in [0, 0.05) is 6.54 Å². The molecule has 0 aromatic heterocycles. The van der Waals surface area contributed by atoms with Crippen LogP contribution in [0.15, 0.2) is 0 Å². The number of ether oxygens (including phenoxy) is 1. The van der Waals surface area contributed by atoms with Crippen LogP contribution in [-0.2, 0) is 14.3 Å². The van der Waals surface area contributed by atoms with Crippen LogP contribution in [-0.4, -0.2) is 52.0 Å². The Morgan fingerprint density at radius 2 is 2.00 bits per heavy atom. The second-order valence-electron chi connectivity index (χ2n) is 2.83. The van der Waals surface area contributed by atoms with Crippen LogP contribution in [0, 0.1) is 0 Å². The fourth-order valence-electron chi connectivity index (χ4n) is 1.43. The molecule has 0 aromatic rings. The molecular weight excluding hydrogens is 166 g/mol. The number of carbonyl (C=O) groups is 2. The van der Waals surface area contributed by atoms with Crippen LogP contribution in [0.4, 0.5) is 0 Å². The highest BCUT2D eigenvalue weighted by Gasteiger charge is 2.58. The van der Waals surface area contributed by atoms with Gasteiger partial charge in [0.05, 0.1) is 0 Å². The van der Waals surface area contributed by atoms with Crippen LogP contribution in [0.2, 0.25) is 0 Å². The van der Waals surface area contributed by atoms with E-state index >= 15 is 0 Å². The van der Waals surface area contributed by atoms with E-state index in [4.69, 9.17) is 14.9 Å². The molecule has 66 valence electrons. The normalized spacial score (nSPS) is 43.7. The van der Waals surface area contributed by atoms with Crippen LogP contribution in [0.3, 0.4) is 0 Å². The zero-order valence-corrected chi connectivity index (χ0v) is 6.01. The summed E-state index contributed by atoms with van der Waals surface area (Å²) in [6.07, 6.45) is -1.49. The van der Waals surface area contributed by atoms with Gasteiger partial charge in [-0.05, 0) is 0 Å². The maximum absolute atomic E-state index is 10.6. The Morgan fingerprint density at radius 3 is 2.42 bits per heavy atom. The highest BCUT2D eigenvalue weighted by molar-refractivity contribution is 5.85. The molecular formula is C6H7NO5. The Kier molecular flexibility index (Phi) is 1.36. The molecule has 0 amide bonds. The summed E-state index contributed by atoms with van der Waals surface area (Å²) in [7, 11) is 0. The summed E-state index contributed by atoms with van der Waals surface area (Å²) in [5.74, 6) is -2.35. The van der Waals surface area contributed by atoms with Crippen molar-refractivity contribution in [2.24, 2.45) is 0 Å². The zero-order valence-electron chi connectivity index (χ0n) is 6.01. The monoisotopic (exact) mass is 173 g/mol. The molecule has 2 N–H and O–H groups in total. The number of carboxylic acids is 2. The molecule has 6 heteroatoms. The van der Waals surface area contributed by atoms with Crippen molar-refractivity contribution >= 4 is 11.9 Å². The molecule has 2 saturated heterocycles. The van der Waals surface area contributed by atoms with Gasteiger partial charge in [0.25, 0.3) is 0 Å². The maximum atomic E-state index is 10.6. The average Bonchev–Trinajstić information content (AvgIpc) is 2.60. The molecule has 0 saturated carbocycles. The summed E-state index contributed by atoms with van der Waals surface area (Å²) >= 11 is 0. The van der Waals surface area contributed by atoms with E-state index in [-0.39, 0.29) is 6.23 Å². The zero-order chi connectivity index (χ0) is 8.88. The van der Waals surface area contributed by atoms with E-state index in [2.05, 4.69) is 0 Å². The SMILES string of the molecule is O=C(O)C1O[C@@H]2CN2[C@@H]1C(=O)O. The summed E-state index contributed by atoms with van der Waals surface area (Å²) in [5.41, 5.74) is 0. The van der Waals surface area contributed by atoms with E-state index in [0.29, 0.717) is 6.54 Å². The van der Waals surface area contributed by atoms with Crippen molar-refractivity contribution in [3.63, 3.8) is 0 Å². The second-order valence-corrected chi connectivity index (χ2v) is 2.83. The van der Waals surface area contributed by atoms with Gasteiger partial charge in [0.1, 0.15) is 12.3 Å². The van der Waals surface area contributed by atoms with E-state index in [1.165, 1.54) is 4.90 Å². The number of hydrogen-bond donors (Lipinski definition) is 2. The fourth-order valence-corrected chi connectivity index (χ4v) is 1.43. The number of nitrogens with zero attached hydrogens (tertiary/aromatic N) is 1. The van der Waals surface area contributed by atoms with Crippen LogP contribution in [0.5, 0.6) is 0 Å². The van der Waals surface area contributed by atoms with Crippen molar-refractivity contribution in [1.82, 2.24) is 4.90 Å². The van der Waals surface area contributed by atoms with E-state index in [9.17, 15) is 9.59 Å². The number of carboxylic acid groups (broad SMARTS) is 2. The maximum Gasteiger partial charge on any atom is 0.335 e. The predicted molar refractivity (Wildman–Crippen MR) is 34.4 cm³/mol. The topological polar surface area (TPSA) is 86.8 Å². The van der Waals surface area contributed by atoms with Gasteiger partial charge in [0.15, 0.2) is 6.10 Å². The average molecular weight is 173 g/mol. The van der Waals surface area contributed by atoms with Crippen molar-refractivity contribution in [3.8, 4) is 0 Å². The molecule has 0 spiro atoms. The predicted octanol–water partition coefficient (Wildman–Crippen LogP) is -1.44. The van der Waals surface area contributed by atoms with E-state index in [1.54, 1.807) is 0 Å². The molecule has 0 aromatic carbocycles. The lowest BCUT2D eigenvalue weighted by Gasteiger charge is -2.12. The Labute approximate surface area is 67.3 Å². The Bertz CT molecular complexity index is 252. The molecule has 0 radical (unpaired) electrons. The minimum Gasteiger partial charge on any atom is -0.480 e. The fraction of sp³-hybridized carbons (Fsp3) is 0.667. The number of aliphatic carboxylic acids is 2. The minimum atomic E-state index is -1.21. The van der Waals surface area contributed by atoms with Gasteiger partial charge < -0.3 is 14.9 Å². The summed E-state index contributed by atoms with van der Waals surface area (Å²) in [6, 6.07) is -1.01. The Morgan fingerprint density at radius 1 is 1.33 bits per heavy atom. The van der Waals surface area contributed by atoms with E-state index in [0.717, 1.165) is 0 Å². The molecule has 12 heavy (non-hydrogen) atoms. The Balaban J connectivity index is 2.16. The highest BCUT2D eigenvalue weighted by atomic mass is 16.6. The molecule has 0 aliphatic carbocycles. The standard InChI is InChI=1S/C6H7NO5/c8-5(9)3-4(6(10)11)12-2-1-7(2)3/h2-4H,1H2,(H,8,9)(H,10,11)/t2-,3+,4?,7?/m1/s1. The first kappa shape index (κ1) is 7.51. The first-order valence-corrected chi connectivity index (χ1v) is 3.48. The molecule has 2 rings (SSSR count). The summed E-state index contributed by atoms with van der Waals surface area (Å²) in [4.78, 5) is 22.5. The summed E-state index contributed by atoms with van der Waals surface area (Å²) in [5, 5.41) is 17.2. The van der Waals surface area contributed by atoms with Gasteiger partial charge >= 0.3 is 11.9 Å². The van der Waals surface area contributed by atoms with Crippen molar-refractivity contribution in [2.45, 2.75) is 18.4 Å². The van der Waals surface area contributed by atoms with Gasteiger partial charge in [-0.1, -0.05) is 0 Å². The van der Waals surface area contributed by atoms with Crippen molar-refractivity contribution in [2.75, 3.05) is 6.54 Å².